The van der Waals surface area contributed by atoms with Crippen molar-refractivity contribution in [3.05, 3.63) is 35.6 Å². The molecule has 0 bridgehead atoms. The lowest BCUT2D eigenvalue weighted by molar-refractivity contribution is -0.139. The summed E-state index contributed by atoms with van der Waals surface area (Å²) in [6, 6.07) is 6.90. The third-order valence-electron chi connectivity index (χ3n) is 5.59. The molecule has 1 fully saturated rings. The van der Waals surface area contributed by atoms with Crippen LogP contribution in [0.25, 0.3) is 0 Å². The monoisotopic (exact) mass is 353 g/mol. The standard InChI is InChI=1S/C20H32FNO3/c1-4-20(5-2)18(11-19(20)25-6-3)22-12-16(23)14-24-13-15-9-7-8-10-17(15)21/h7-10,16,18-19,22-23H,4-6,11-14H2,1-3H3/t16-,18+,19+/m0/s1. The summed E-state index contributed by atoms with van der Waals surface area (Å²) in [6.45, 7) is 8.03. The zero-order chi connectivity index (χ0) is 18.3. The Kier molecular flexibility index (Phi) is 7.81. The van der Waals surface area contributed by atoms with Crippen LogP contribution in [0, 0.1) is 11.2 Å². The van der Waals surface area contributed by atoms with Gasteiger partial charge in [-0.25, -0.2) is 4.39 Å². The molecular formula is C20H32FNO3. The van der Waals surface area contributed by atoms with Crippen LogP contribution < -0.4 is 5.32 Å². The number of nitrogens with one attached hydrogen (secondary N) is 1. The molecule has 142 valence electrons. The van der Waals surface area contributed by atoms with Gasteiger partial charge in [0.2, 0.25) is 0 Å². The van der Waals surface area contributed by atoms with Gasteiger partial charge in [0, 0.05) is 30.2 Å². The SMILES string of the molecule is CCO[C@@H]1C[C@@H](NC[C@H](O)COCc2ccccc2F)C1(CC)CC. The Morgan fingerprint density at radius 2 is 2.00 bits per heavy atom. The van der Waals surface area contributed by atoms with Gasteiger partial charge >= 0.3 is 0 Å². The van der Waals surface area contributed by atoms with Crippen molar-refractivity contribution in [1.29, 1.82) is 0 Å². The van der Waals surface area contributed by atoms with E-state index >= 15 is 0 Å². The highest BCUT2D eigenvalue weighted by molar-refractivity contribution is 5.16. The fourth-order valence-corrected chi connectivity index (χ4v) is 3.92. The van der Waals surface area contributed by atoms with E-state index in [0.717, 1.165) is 25.9 Å². The molecule has 5 heteroatoms. The van der Waals surface area contributed by atoms with Crippen LogP contribution in [-0.2, 0) is 16.1 Å². The maximum absolute atomic E-state index is 13.5. The van der Waals surface area contributed by atoms with Gasteiger partial charge < -0.3 is 19.9 Å². The Hall–Kier alpha value is -1.01. The van der Waals surface area contributed by atoms with E-state index < -0.39 is 6.10 Å². The summed E-state index contributed by atoms with van der Waals surface area (Å²) in [6.07, 6.45) is 2.80. The minimum Gasteiger partial charge on any atom is -0.389 e. The normalized spacial score (nSPS) is 23.2. The van der Waals surface area contributed by atoms with Gasteiger partial charge in [-0.3, -0.25) is 0 Å². The van der Waals surface area contributed by atoms with E-state index in [1.165, 1.54) is 6.07 Å². The molecule has 1 aromatic carbocycles. The molecule has 2 rings (SSSR count). The van der Waals surface area contributed by atoms with Crippen LogP contribution >= 0.6 is 0 Å². The summed E-state index contributed by atoms with van der Waals surface area (Å²) in [5.74, 6) is -0.276. The lowest BCUT2D eigenvalue weighted by Gasteiger charge is -2.55. The lowest BCUT2D eigenvalue weighted by Crippen LogP contribution is -2.64. The quantitative estimate of drug-likeness (QED) is 0.641. The maximum Gasteiger partial charge on any atom is 0.128 e. The molecule has 0 unspecified atom stereocenters. The van der Waals surface area contributed by atoms with Gasteiger partial charge in [0.05, 0.1) is 25.4 Å². The average Bonchev–Trinajstić information content (AvgIpc) is 2.60. The number of hydrogen-bond acceptors (Lipinski definition) is 4. The zero-order valence-electron chi connectivity index (χ0n) is 15.6. The maximum atomic E-state index is 13.5. The predicted octanol–water partition coefficient (Wildman–Crippen LogP) is 3.28. The first-order chi connectivity index (χ1) is 12.1. The van der Waals surface area contributed by atoms with E-state index in [2.05, 4.69) is 19.2 Å². The van der Waals surface area contributed by atoms with Crippen molar-refractivity contribution in [2.75, 3.05) is 19.8 Å². The van der Waals surface area contributed by atoms with Crippen LogP contribution in [0.1, 0.15) is 45.6 Å². The Morgan fingerprint density at radius 1 is 1.28 bits per heavy atom. The van der Waals surface area contributed by atoms with Gasteiger partial charge in [-0.2, -0.15) is 0 Å². The van der Waals surface area contributed by atoms with Crippen LogP contribution in [0.4, 0.5) is 4.39 Å². The molecule has 1 aromatic rings. The Labute approximate surface area is 150 Å². The van der Waals surface area contributed by atoms with Gasteiger partial charge in [-0.05, 0) is 32.3 Å². The van der Waals surface area contributed by atoms with Crippen LogP contribution in [0.15, 0.2) is 24.3 Å². The van der Waals surface area contributed by atoms with Gasteiger partial charge in [-0.15, -0.1) is 0 Å². The van der Waals surface area contributed by atoms with Crippen molar-refractivity contribution in [2.24, 2.45) is 5.41 Å². The minimum atomic E-state index is -0.607. The number of aliphatic hydroxyl groups is 1. The Morgan fingerprint density at radius 3 is 2.64 bits per heavy atom. The summed E-state index contributed by atoms with van der Waals surface area (Å²) in [4.78, 5) is 0. The Balaban J connectivity index is 1.73. The molecule has 3 atom stereocenters. The number of halogens is 1. The average molecular weight is 353 g/mol. The van der Waals surface area contributed by atoms with E-state index in [9.17, 15) is 9.50 Å². The van der Waals surface area contributed by atoms with Crippen molar-refractivity contribution < 1.29 is 19.0 Å². The highest BCUT2D eigenvalue weighted by Gasteiger charge is 2.52. The number of rotatable bonds is 11. The zero-order valence-corrected chi connectivity index (χ0v) is 15.6. The summed E-state index contributed by atoms with van der Waals surface area (Å²) in [7, 11) is 0. The van der Waals surface area contributed by atoms with E-state index in [4.69, 9.17) is 9.47 Å². The third kappa shape index (κ3) is 4.79. The molecule has 0 aromatic heterocycles. The van der Waals surface area contributed by atoms with Crippen LogP contribution in [0.3, 0.4) is 0 Å². The van der Waals surface area contributed by atoms with Gasteiger partial charge in [-0.1, -0.05) is 32.0 Å². The van der Waals surface area contributed by atoms with Crippen LogP contribution in [-0.4, -0.2) is 43.1 Å². The number of ether oxygens (including phenoxy) is 2. The first-order valence-corrected chi connectivity index (χ1v) is 9.41. The largest absolute Gasteiger partial charge is 0.389 e. The van der Waals surface area contributed by atoms with E-state index in [-0.39, 0.29) is 24.4 Å². The molecule has 1 aliphatic carbocycles. The van der Waals surface area contributed by atoms with Crippen molar-refractivity contribution in [2.45, 2.75) is 64.9 Å². The predicted molar refractivity (Wildman–Crippen MR) is 96.9 cm³/mol. The second-order valence-corrected chi connectivity index (χ2v) is 6.84. The molecule has 0 amide bonds. The van der Waals surface area contributed by atoms with Crippen molar-refractivity contribution >= 4 is 0 Å². The molecule has 2 N–H and O–H groups in total. The topological polar surface area (TPSA) is 50.7 Å². The fraction of sp³-hybridized carbons (Fsp3) is 0.700. The first-order valence-electron chi connectivity index (χ1n) is 9.41. The summed E-state index contributed by atoms with van der Waals surface area (Å²) < 4.78 is 24.8. The molecule has 0 saturated heterocycles. The highest BCUT2D eigenvalue weighted by Crippen LogP contribution is 2.48. The Bertz CT molecular complexity index is 521. The lowest BCUT2D eigenvalue weighted by atomic mass is 9.58. The number of benzene rings is 1. The second-order valence-electron chi connectivity index (χ2n) is 6.84. The van der Waals surface area contributed by atoms with Gasteiger partial charge in [0.25, 0.3) is 0 Å². The molecule has 0 spiro atoms. The van der Waals surface area contributed by atoms with Crippen molar-refractivity contribution in [3.63, 3.8) is 0 Å². The first kappa shape index (κ1) is 20.3. The van der Waals surface area contributed by atoms with Crippen molar-refractivity contribution in [3.8, 4) is 0 Å². The second kappa shape index (κ2) is 9.62. The van der Waals surface area contributed by atoms with Crippen LogP contribution in [0.5, 0.6) is 0 Å². The van der Waals surface area contributed by atoms with E-state index in [1.807, 2.05) is 6.92 Å². The molecule has 0 radical (unpaired) electrons. The van der Waals surface area contributed by atoms with Gasteiger partial charge in [0.1, 0.15) is 5.82 Å². The summed E-state index contributed by atoms with van der Waals surface area (Å²) in [5.41, 5.74) is 0.668. The fourth-order valence-electron chi connectivity index (χ4n) is 3.92. The van der Waals surface area contributed by atoms with E-state index in [0.29, 0.717) is 24.3 Å². The molecule has 0 aliphatic heterocycles. The molecule has 0 heterocycles. The van der Waals surface area contributed by atoms with Gasteiger partial charge in [0.15, 0.2) is 0 Å². The molecular weight excluding hydrogens is 321 g/mol. The molecule has 1 saturated carbocycles. The molecule has 1 aliphatic rings. The molecule has 25 heavy (non-hydrogen) atoms. The molecule has 4 nitrogen and oxygen atoms in total. The number of hydrogen-bond donors (Lipinski definition) is 2. The summed E-state index contributed by atoms with van der Waals surface area (Å²) in [5, 5.41) is 13.6. The number of aliphatic hydroxyl groups excluding tert-OH is 1. The third-order valence-corrected chi connectivity index (χ3v) is 5.59. The van der Waals surface area contributed by atoms with Crippen LogP contribution in [0.2, 0.25) is 0 Å². The van der Waals surface area contributed by atoms with E-state index in [1.54, 1.807) is 18.2 Å². The smallest absolute Gasteiger partial charge is 0.128 e. The highest BCUT2D eigenvalue weighted by atomic mass is 19.1. The summed E-state index contributed by atoms with van der Waals surface area (Å²) >= 11 is 0. The van der Waals surface area contributed by atoms with Crippen molar-refractivity contribution in [1.82, 2.24) is 5.32 Å². The minimum absolute atomic E-state index is 0.157.